The summed E-state index contributed by atoms with van der Waals surface area (Å²) in [5, 5.41) is 0. The Balaban J connectivity index is 1.73. The van der Waals surface area contributed by atoms with Crippen molar-refractivity contribution in [3.63, 3.8) is 0 Å². The monoisotopic (exact) mass is 252 g/mol. The molecule has 2 N–H and O–H groups in total. The molecule has 0 spiro atoms. The molecule has 0 saturated heterocycles. The van der Waals surface area contributed by atoms with Gasteiger partial charge in [0, 0.05) is 25.3 Å². The Morgan fingerprint density at radius 1 is 1.05 bits per heavy atom. The number of fused-ring (bicyclic) bond motifs is 1. The molecule has 0 unspecified atom stereocenters. The molecular weight excluding hydrogens is 232 g/mol. The molecule has 1 aliphatic rings. The van der Waals surface area contributed by atoms with E-state index in [1.165, 1.54) is 22.3 Å². The fourth-order valence-electron chi connectivity index (χ4n) is 2.72. The number of hydrogen-bond donors (Lipinski definition) is 1. The predicted octanol–water partition coefficient (Wildman–Crippen LogP) is 3.14. The van der Waals surface area contributed by atoms with Crippen LogP contribution >= 0.6 is 0 Å². The summed E-state index contributed by atoms with van der Waals surface area (Å²) in [4.78, 5) is 2.49. The summed E-state index contributed by atoms with van der Waals surface area (Å²) in [6.45, 7) is 5.29. The molecule has 0 aliphatic carbocycles. The number of anilines is 1. The second kappa shape index (κ2) is 5.06. The SMILES string of the molecule is Cc1ccc(CN2CCc3ccc(N)cc3C2)cc1. The van der Waals surface area contributed by atoms with E-state index in [0.29, 0.717) is 0 Å². The molecular formula is C17H20N2. The van der Waals surface area contributed by atoms with Crippen molar-refractivity contribution in [1.82, 2.24) is 4.90 Å². The molecule has 0 radical (unpaired) electrons. The second-order valence-electron chi connectivity index (χ2n) is 5.47. The van der Waals surface area contributed by atoms with Crippen LogP contribution in [0.5, 0.6) is 0 Å². The second-order valence-corrected chi connectivity index (χ2v) is 5.47. The Kier molecular flexibility index (Phi) is 3.26. The molecule has 0 amide bonds. The molecule has 1 heterocycles. The first kappa shape index (κ1) is 12.2. The maximum atomic E-state index is 5.88. The standard InChI is InChI=1S/C17H20N2/c1-13-2-4-14(5-3-13)11-19-9-8-15-6-7-17(18)10-16(15)12-19/h2-7,10H,8-9,11-12,18H2,1H3. The Labute approximate surface area is 114 Å². The number of nitrogens with two attached hydrogens (primary N) is 1. The van der Waals surface area contributed by atoms with Gasteiger partial charge < -0.3 is 5.73 Å². The van der Waals surface area contributed by atoms with Gasteiger partial charge in [0.2, 0.25) is 0 Å². The summed E-state index contributed by atoms with van der Waals surface area (Å²) >= 11 is 0. The first-order valence-corrected chi connectivity index (χ1v) is 6.86. The summed E-state index contributed by atoms with van der Waals surface area (Å²) in [6, 6.07) is 15.1. The summed E-state index contributed by atoms with van der Waals surface area (Å²) in [6.07, 6.45) is 1.13. The largest absolute Gasteiger partial charge is 0.399 e. The number of nitrogens with zero attached hydrogens (tertiary/aromatic N) is 1. The van der Waals surface area contributed by atoms with E-state index in [1.54, 1.807) is 0 Å². The molecule has 2 heteroatoms. The van der Waals surface area contributed by atoms with Gasteiger partial charge >= 0.3 is 0 Å². The molecule has 0 atom stereocenters. The van der Waals surface area contributed by atoms with E-state index in [0.717, 1.165) is 31.7 Å². The average molecular weight is 252 g/mol. The minimum Gasteiger partial charge on any atom is -0.399 e. The van der Waals surface area contributed by atoms with E-state index in [1.807, 2.05) is 6.07 Å². The highest BCUT2D eigenvalue weighted by molar-refractivity contribution is 5.45. The van der Waals surface area contributed by atoms with E-state index >= 15 is 0 Å². The lowest BCUT2D eigenvalue weighted by Crippen LogP contribution is -2.30. The van der Waals surface area contributed by atoms with Crippen LogP contribution in [0.15, 0.2) is 42.5 Å². The van der Waals surface area contributed by atoms with Crippen LogP contribution in [0, 0.1) is 6.92 Å². The first-order chi connectivity index (χ1) is 9.20. The molecule has 0 saturated carbocycles. The third-order valence-electron chi connectivity index (χ3n) is 3.85. The van der Waals surface area contributed by atoms with Crippen molar-refractivity contribution in [2.75, 3.05) is 12.3 Å². The molecule has 98 valence electrons. The number of aryl methyl sites for hydroxylation is 1. The number of benzene rings is 2. The van der Waals surface area contributed by atoms with Gasteiger partial charge in [-0.05, 0) is 42.2 Å². The number of rotatable bonds is 2. The fraction of sp³-hybridized carbons (Fsp3) is 0.294. The van der Waals surface area contributed by atoms with E-state index in [4.69, 9.17) is 5.73 Å². The third kappa shape index (κ3) is 2.79. The van der Waals surface area contributed by atoms with Crippen LogP contribution in [-0.4, -0.2) is 11.4 Å². The van der Waals surface area contributed by atoms with Crippen molar-refractivity contribution in [2.24, 2.45) is 0 Å². The van der Waals surface area contributed by atoms with Crippen LogP contribution in [0.3, 0.4) is 0 Å². The van der Waals surface area contributed by atoms with Crippen molar-refractivity contribution in [1.29, 1.82) is 0 Å². The van der Waals surface area contributed by atoms with Crippen LogP contribution < -0.4 is 5.73 Å². The van der Waals surface area contributed by atoms with Crippen LogP contribution in [0.25, 0.3) is 0 Å². The molecule has 0 aromatic heterocycles. The summed E-state index contributed by atoms with van der Waals surface area (Å²) in [7, 11) is 0. The van der Waals surface area contributed by atoms with Gasteiger partial charge in [0.1, 0.15) is 0 Å². The van der Waals surface area contributed by atoms with Gasteiger partial charge in [-0.1, -0.05) is 35.9 Å². The Morgan fingerprint density at radius 2 is 1.84 bits per heavy atom. The average Bonchev–Trinajstić information content (AvgIpc) is 2.41. The molecule has 2 aromatic carbocycles. The van der Waals surface area contributed by atoms with Crippen LogP contribution in [0.4, 0.5) is 5.69 Å². The van der Waals surface area contributed by atoms with Crippen molar-refractivity contribution in [3.05, 3.63) is 64.7 Å². The van der Waals surface area contributed by atoms with E-state index in [-0.39, 0.29) is 0 Å². The van der Waals surface area contributed by atoms with Gasteiger partial charge in [-0.15, -0.1) is 0 Å². The zero-order valence-electron chi connectivity index (χ0n) is 11.4. The van der Waals surface area contributed by atoms with Crippen molar-refractivity contribution >= 4 is 5.69 Å². The van der Waals surface area contributed by atoms with Crippen LogP contribution in [0.2, 0.25) is 0 Å². The van der Waals surface area contributed by atoms with Crippen molar-refractivity contribution in [3.8, 4) is 0 Å². The Hall–Kier alpha value is -1.80. The van der Waals surface area contributed by atoms with Gasteiger partial charge in [0.25, 0.3) is 0 Å². The molecule has 2 nitrogen and oxygen atoms in total. The smallest absolute Gasteiger partial charge is 0.0317 e. The van der Waals surface area contributed by atoms with Crippen molar-refractivity contribution in [2.45, 2.75) is 26.4 Å². The number of hydrogen-bond acceptors (Lipinski definition) is 2. The predicted molar refractivity (Wildman–Crippen MR) is 79.9 cm³/mol. The highest BCUT2D eigenvalue weighted by atomic mass is 15.1. The Morgan fingerprint density at radius 3 is 2.63 bits per heavy atom. The highest BCUT2D eigenvalue weighted by Gasteiger charge is 2.16. The van der Waals surface area contributed by atoms with E-state index in [2.05, 4.69) is 48.2 Å². The van der Waals surface area contributed by atoms with E-state index < -0.39 is 0 Å². The molecule has 0 fully saturated rings. The Bertz CT molecular complexity index is 572. The lowest BCUT2D eigenvalue weighted by Gasteiger charge is -2.29. The zero-order valence-corrected chi connectivity index (χ0v) is 11.4. The summed E-state index contributed by atoms with van der Waals surface area (Å²) in [5.41, 5.74) is 12.3. The lowest BCUT2D eigenvalue weighted by molar-refractivity contribution is 0.245. The molecule has 2 aromatic rings. The molecule has 3 rings (SSSR count). The highest BCUT2D eigenvalue weighted by Crippen LogP contribution is 2.22. The first-order valence-electron chi connectivity index (χ1n) is 6.86. The van der Waals surface area contributed by atoms with Crippen LogP contribution in [0.1, 0.15) is 22.3 Å². The minimum atomic E-state index is 0.871. The normalized spacial score (nSPS) is 15.2. The molecule has 0 bridgehead atoms. The third-order valence-corrected chi connectivity index (χ3v) is 3.85. The summed E-state index contributed by atoms with van der Waals surface area (Å²) in [5.74, 6) is 0. The zero-order chi connectivity index (χ0) is 13.2. The fourth-order valence-corrected chi connectivity index (χ4v) is 2.72. The van der Waals surface area contributed by atoms with Crippen molar-refractivity contribution < 1.29 is 0 Å². The van der Waals surface area contributed by atoms with Gasteiger partial charge in [0.15, 0.2) is 0 Å². The maximum Gasteiger partial charge on any atom is 0.0317 e. The van der Waals surface area contributed by atoms with Gasteiger partial charge in [-0.25, -0.2) is 0 Å². The van der Waals surface area contributed by atoms with Gasteiger partial charge in [0.05, 0.1) is 0 Å². The quantitative estimate of drug-likeness (QED) is 0.832. The molecule has 1 aliphatic heterocycles. The molecule has 19 heavy (non-hydrogen) atoms. The minimum absolute atomic E-state index is 0.871. The maximum absolute atomic E-state index is 5.88. The van der Waals surface area contributed by atoms with Gasteiger partial charge in [-0.2, -0.15) is 0 Å². The van der Waals surface area contributed by atoms with Gasteiger partial charge in [-0.3, -0.25) is 4.90 Å². The van der Waals surface area contributed by atoms with E-state index in [9.17, 15) is 0 Å². The number of nitrogen functional groups attached to an aromatic ring is 1. The topological polar surface area (TPSA) is 29.3 Å². The summed E-state index contributed by atoms with van der Waals surface area (Å²) < 4.78 is 0. The van der Waals surface area contributed by atoms with Crippen LogP contribution in [-0.2, 0) is 19.5 Å². The lowest BCUT2D eigenvalue weighted by atomic mass is 9.98.